The molecule has 1 saturated heterocycles. The molecular formula is C16H19N5O3S. The van der Waals surface area contributed by atoms with E-state index in [1.165, 1.54) is 11.3 Å². The molecule has 4 rings (SSSR count). The van der Waals surface area contributed by atoms with Crippen LogP contribution in [0.3, 0.4) is 0 Å². The van der Waals surface area contributed by atoms with Crippen molar-refractivity contribution < 1.29 is 14.2 Å². The maximum Gasteiger partial charge on any atom is 0.235 e. The van der Waals surface area contributed by atoms with Crippen LogP contribution in [0.15, 0.2) is 18.2 Å². The fourth-order valence-corrected chi connectivity index (χ4v) is 3.76. The van der Waals surface area contributed by atoms with Crippen molar-refractivity contribution in [3.05, 3.63) is 24.0 Å². The van der Waals surface area contributed by atoms with Gasteiger partial charge >= 0.3 is 0 Å². The van der Waals surface area contributed by atoms with Gasteiger partial charge in [-0.25, -0.2) is 0 Å². The van der Waals surface area contributed by atoms with Crippen LogP contribution in [0.25, 0.3) is 15.5 Å². The number of ether oxygens (including phenoxy) is 3. The molecule has 0 unspecified atom stereocenters. The monoisotopic (exact) mass is 361 g/mol. The average molecular weight is 361 g/mol. The first kappa shape index (κ1) is 16.2. The summed E-state index contributed by atoms with van der Waals surface area (Å²) in [6.45, 7) is 4.02. The number of aromatic nitrogens is 4. The average Bonchev–Trinajstić information content (AvgIpc) is 3.23. The number of hydrogen-bond acceptors (Lipinski definition) is 8. The number of nitrogens with zero attached hydrogens (tertiary/aromatic N) is 5. The third-order valence-electron chi connectivity index (χ3n) is 4.16. The van der Waals surface area contributed by atoms with E-state index in [9.17, 15) is 0 Å². The Morgan fingerprint density at radius 3 is 2.76 bits per heavy atom. The Morgan fingerprint density at radius 2 is 2.00 bits per heavy atom. The topological polar surface area (TPSA) is 74.0 Å². The Labute approximate surface area is 148 Å². The van der Waals surface area contributed by atoms with Crippen LogP contribution in [0, 0.1) is 0 Å². The van der Waals surface area contributed by atoms with E-state index >= 15 is 0 Å². The van der Waals surface area contributed by atoms with Gasteiger partial charge in [0, 0.05) is 13.1 Å². The van der Waals surface area contributed by atoms with Gasteiger partial charge in [-0.1, -0.05) is 17.4 Å². The van der Waals surface area contributed by atoms with Gasteiger partial charge in [-0.15, -0.1) is 10.2 Å². The lowest BCUT2D eigenvalue weighted by molar-refractivity contribution is 0.0328. The summed E-state index contributed by atoms with van der Waals surface area (Å²) in [5.41, 5.74) is 0.884. The first-order chi connectivity index (χ1) is 12.3. The van der Waals surface area contributed by atoms with E-state index in [1.54, 1.807) is 14.2 Å². The van der Waals surface area contributed by atoms with Crippen LogP contribution in [0.4, 0.5) is 0 Å². The number of hydrogen-bond donors (Lipinski definition) is 0. The van der Waals surface area contributed by atoms with E-state index in [0.29, 0.717) is 18.0 Å². The zero-order valence-corrected chi connectivity index (χ0v) is 15.0. The molecule has 3 aromatic rings. The summed E-state index contributed by atoms with van der Waals surface area (Å²) >= 11 is 1.48. The minimum atomic E-state index is 0.671. The highest BCUT2D eigenvalue weighted by Gasteiger charge is 2.20. The highest BCUT2D eigenvalue weighted by molar-refractivity contribution is 7.19. The molecule has 0 N–H and O–H groups in total. The van der Waals surface area contributed by atoms with Gasteiger partial charge < -0.3 is 14.2 Å². The molecule has 8 nitrogen and oxygen atoms in total. The van der Waals surface area contributed by atoms with Crippen molar-refractivity contribution >= 4 is 16.3 Å². The minimum Gasteiger partial charge on any atom is -0.493 e. The van der Waals surface area contributed by atoms with Crippen LogP contribution in [-0.2, 0) is 11.3 Å². The van der Waals surface area contributed by atoms with E-state index < -0.39 is 0 Å². The molecule has 25 heavy (non-hydrogen) atoms. The molecule has 0 spiro atoms. The van der Waals surface area contributed by atoms with E-state index in [-0.39, 0.29) is 0 Å². The second-order valence-corrected chi connectivity index (χ2v) is 6.60. The van der Waals surface area contributed by atoms with Gasteiger partial charge in [0.15, 0.2) is 22.3 Å². The van der Waals surface area contributed by atoms with Crippen LogP contribution in [0.2, 0.25) is 0 Å². The maximum absolute atomic E-state index is 5.52. The first-order valence-corrected chi connectivity index (χ1v) is 8.84. The maximum atomic E-state index is 5.52. The molecular weight excluding hydrogens is 342 g/mol. The molecule has 1 aliphatic heterocycles. The van der Waals surface area contributed by atoms with Gasteiger partial charge in [0.05, 0.1) is 39.5 Å². The third kappa shape index (κ3) is 3.06. The summed E-state index contributed by atoms with van der Waals surface area (Å²) in [4.78, 5) is 3.06. The number of methoxy groups -OCH3 is 2. The second kappa shape index (κ2) is 6.95. The molecule has 9 heteroatoms. The summed E-state index contributed by atoms with van der Waals surface area (Å²) in [7, 11) is 3.26. The lowest BCUT2D eigenvalue weighted by Gasteiger charge is -2.25. The van der Waals surface area contributed by atoms with Gasteiger partial charge in [-0.05, 0) is 12.1 Å². The highest BCUT2D eigenvalue weighted by Crippen LogP contribution is 2.39. The molecule has 0 amide bonds. The summed E-state index contributed by atoms with van der Waals surface area (Å²) in [6.07, 6.45) is 0. The van der Waals surface area contributed by atoms with Crippen molar-refractivity contribution in [2.24, 2.45) is 0 Å². The van der Waals surface area contributed by atoms with E-state index in [4.69, 9.17) is 19.3 Å². The van der Waals surface area contributed by atoms with Crippen LogP contribution in [0.5, 0.6) is 11.5 Å². The Balaban J connectivity index is 1.68. The van der Waals surface area contributed by atoms with Gasteiger partial charge in [0.2, 0.25) is 4.96 Å². The van der Waals surface area contributed by atoms with Crippen molar-refractivity contribution in [2.45, 2.75) is 6.54 Å². The largest absolute Gasteiger partial charge is 0.493 e. The summed E-state index contributed by atoms with van der Waals surface area (Å²) in [5, 5.41) is 14.1. The Kier molecular flexibility index (Phi) is 4.51. The predicted molar refractivity (Wildman–Crippen MR) is 93.3 cm³/mol. The van der Waals surface area contributed by atoms with E-state index in [2.05, 4.69) is 15.1 Å². The van der Waals surface area contributed by atoms with Gasteiger partial charge in [-0.2, -0.15) is 9.61 Å². The SMILES string of the molecule is COc1cccc(-c2nn3c(CN4CCOCC4)nnc3s2)c1OC. The quantitative estimate of drug-likeness (QED) is 0.685. The molecule has 1 aromatic carbocycles. The van der Waals surface area contributed by atoms with Crippen LogP contribution < -0.4 is 9.47 Å². The van der Waals surface area contributed by atoms with Gasteiger partial charge in [0.1, 0.15) is 0 Å². The number of benzene rings is 1. The molecule has 2 aromatic heterocycles. The van der Waals surface area contributed by atoms with Crippen molar-refractivity contribution in [1.29, 1.82) is 0 Å². The van der Waals surface area contributed by atoms with E-state index in [0.717, 1.165) is 47.7 Å². The number of rotatable bonds is 5. The van der Waals surface area contributed by atoms with Crippen molar-refractivity contribution in [1.82, 2.24) is 24.7 Å². The second-order valence-electron chi connectivity index (χ2n) is 5.65. The molecule has 0 saturated carbocycles. The summed E-state index contributed by atoms with van der Waals surface area (Å²) < 4.78 is 18.1. The Bertz CT molecular complexity index is 872. The third-order valence-corrected chi connectivity index (χ3v) is 5.09. The van der Waals surface area contributed by atoms with Crippen LogP contribution in [-0.4, -0.2) is 65.2 Å². The van der Waals surface area contributed by atoms with Crippen molar-refractivity contribution in [2.75, 3.05) is 40.5 Å². The molecule has 1 aliphatic rings. The minimum absolute atomic E-state index is 0.671. The lowest BCUT2D eigenvalue weighted by atomic mass is 10.2. The smallest absolute Gasteiger partial charge is 0.235 e. The Hall–Kier alpha value is -2.23. The highest BCUT2D eigenvalue weighted by atomic mass is 32.1. The van der Waals surface area contributed by atoms with Crippen LogP contribution >= 0.6 is 11.3 Å². The normalized spacial score (nSPS) is 15.6. The first-order valence-electron chi connectivity index (χ1n) is 8.02. The molecule has 132 valence electrons. The molecule has 3 heterocycles. The number of para-hydroxylation sites is 1. The van der Waals surface area contributed by atoms with Crippen molar-refractivity contribution in [3.8, 4) is 22.1 Å². The molecule has 0 atom stereocenters. The standard InChI is InChI=1S/C16H19N5O3S/c1-22-12-5-3-4-11(14(12)23-2)15-19-21-13(17-18-16(21)25-15)10-20-6-8-24-9-7-20/h3-5H,6-10H2,1-2H3. The molecule has 0 radical (unpaired) electrons. The van der Waals surface area contributed by atoms with Crippen molar-refractivity contribution in [3.63, 3.8) is 0 Å². The predicted octanol–water partition coefficient (Wildman–Crippen LogP) is 1.70. The molecule has 0 bridgehead atoms. The fourth-order valence-electron chi connectivity index (χ4n) is 2.88. The fraction of sp³-hybridized carbons (Fsp3) is 0.438. The van der Waals surface area contributed by atoms with Gasteiger partial charge in [0.25, 0.3) is 0 Å². The van der Waals surface area contributed by atoms with Gasteiger partial charge in [-0.3, -0.25) is 4.90 Å². The summed E-state index contributed by atoms with van der Waals surface area (Å²) in [5.74, 6) is 2.19. The molecule has 1 fully saturated rings. The van der Waals surface area contributed by atoms with Crippen LogP contribution in [0.1, 0.15) is 5.82 Å². The Morgan fingerprint density at radius 1 is 1.16 bits per heavy atom. The molecule has 0 aliphatic carbocycles. The number of morpholine rings is 1. The lowest BCUT2D eigenvalue weighted by Crippen LogP contribution is -2.36. The zero-order chi connectivity index (χ0) is 17.2. The number of fused-ring (bicyclic) bond motifs is 1. The zero-order valence-electron chi connectivity index (χ0n) is 14.1. The summed E-state index contributed by atoms with van der Waals surface area (Å²) in [6, 6.07) is 5.76. The van der Waals surface area contributed by atoms with E-state index in [1.807, 2.05) is 22.7 Å².